The molecule has 17 heavy (non-hydrogen) atoms. The van der Waals surface area contributed by atoms with E-state index in [-0.39, 0.29) is 5.82 Å². The van der Waals surface area contributed by atoms with E-state index in [0.29, 0.717) is 11.5 Å². The second-order valence-electron chi connectivity index (χ2n) is 5.54. The van der Waals surface area contributed by atoms with E-state index >= 15 is 0 Å². The molecular weight excluding hydrogens is 233 g/mol. The van der Waals surface area contributed by atoms with Crippen LogP contribution in [0, 0.1) is 11.2 Å². The van der Waals surface area contributed by atoms with Gasteiger partial charge in [0.1, 0.15) is 5.82 Å². The molecule has 0 amide bonds. The smallest absolute Gasteiger partial charge is 0.137 e. The van der Waals surface area contributed by atoms with E-state index in [9.17, 15) is 4.39 Å². The van der Waals surface area contributed by atoms with Crippen LogP contribution in [0.3, 0.4) is 0 Å². The molecule has 1 fully saturated rings. The molecule has 1 heterocycles. The molecule has 1 aliphatic carbocycles. The Morgan fingerprint density at radius 2 is 2.29 bits per heavy atom. The molecule has 1 aromatic carbocycles. The van der Waals surface area contributed by atoms with E-state index < -0.39 is 0 Å². The molecule has 0 bridgehead atoms. The number of hydrogen-bond acceptors (Lipinski definition) is 2. The first-order valence-electron chi connectivity index (χ1n) is 6.33. The molecule has 3 rings (SSSR count). The average molecular weight is 251 g/mol. The largest absolute Gasteiger partial charge is 0.309 e. The Balaban J connectivity index is 1.77. The molecule has 92 valence electrons. The van der Waals surface area contributed by atoms with Crippen molar-refractivity contribution in [2.45, 2.75) is 37.1 Å². The van der Waals surface area contributed by atoms with E-state index in [4.69, 9.17) is 0 Å². The van der Waals surface area contributed by atoms with Gasteiger partial charge in [0.25, 0.3) is 0 Å². The van der Waals surface area contributed by atoms with Crippen molar-refractivity contribution >= 4 is 11.8 Å². The zero-order valence-electron chi connectivity index (χ0n) is 10.1. The number of thioether (sulfide) groups is 1. The Bertz CT molecular complexity index is 428. The molecule has 1 unspecified atom stereocenters. The summed E-state index contributed by atoms with van der Waals surface area (Å²) in [6, 6.07) is 5.81. The molecule has 3 heteroatoms. The zero-order valence-corrected chi connectivity index (χ0v) is 10.9. The lowest BCUT2D eigenvalue weighted by Crippen LogP contribution is -2.29. The number of rotatable bonds is 3. The first kappa shape index (κ1) is 11.5. The standard InChI is InChI=1S/C14H18FNS/c1-14(6-7-14)9-16-12-5-8-17-13-10(12)3-2-4-11(13)15/h2-4,12,16H,5-9H2,1H3. The predicted molar refractivity (Wildman–Crippen MR) is 69.8 cm³/mol. The van der Waals surface area contributed by atoms with Crippen LogP contribution < -0.4 is 5.32 Å². The van der Waals surface area contributed by atoms with Gasteiger partial charge in [0.05, 0.1) is 0 Å². The van der Waals surface area contributed by atoms with Crippen molar-refractivity contribution in [2.75, 3.05) is 12.3 Å². The molecule has 1 saturated carbocycles. The molecule has 0 aromatic heterocycles. The van der Waals surface area contributed by atoms with Crippen LogP contribution in [0.25, 0.3) is 0 Å². The highest BCUT2D eigenvalue weighted by molar-refractivity contribution is 7.99. The monoisotopic (exact) mass is 251 g/mol. The third-order valence-corrected chi connectivity index (χ3v) is 5.06. The van der Waals surface area contributed by atoms with E-state index in [2.05, 4.69) is 18.3 Å². The highest BCUT2D eigenvalue weighted by atomic mass is 32.2. The van der Waals surface area contributed by atoms with Crippen molar-refractivity contribution < 1.29 is 4.39 Å². The quantitative estimate of drug-likeness (QED) is 0.878. The van der Waals surface area contributed by atoms with Gasteiger partial charge in [-0.15, -0.1) is 11.8 Å². The Kier molecular flexibility index (Phi) is 2.91. The highest BCUT2D eigenvalue weighted by Crippen LogP contribution is 2.45. The lowest BCUT2D eigenvalue weighted by Gasteiger charge is -2.27. The van der Waals surface area contributed by atoms with Gasteiger partial charge in [-0.25, -0.2) is 4.39 Å². The van der Waals surface area contributed by atoms with Crippen molar-refractivity contribution in [3.8, 4) is 0 Å². The van der Waals surface area contributed by atoms with E-state index in [0.717, 1.165) is 29.2 Å². The van der Waals surface area contributed by atoms with Gasteiger partial charge in [-0.1, -0.05) is 19.1 Å². The fourth-order valence-electron chi connectivity index (χ4n) is 2.36. The summed E-state index contributed by atoms with van der Waals surface area (Å²) in [5.41, 5.74) is 1.67. The number of benzene rings is 1. The molecule has 0 saturated heterocycles. The maximum atomic E-state index is 13.7. The summed E-state index contributed by atoms with van der Waals surface area (Å²) < 4.78 is 13.7. The summed E-state index contributed by atoms with van der Waals surface area (Å²) in [5, 5.41) is 3.63. The molecule has 1 N–H and O–H groups in total. The van der Waals surface area contributed by atoms with Crippen LogP contribution >= 0.6 is 11.8 Å². The van der Waals surface area contributed by atoms with E-state index in [1.807, 2.05) is 6.07 Å². The van der Waals surface area contributed by atoms with Gasteiger partial charge in [0.15, 0.2) is 0 Å². The minimum atomic E-state index is -0.0587. The van der Waals surface area contributed by atoms with Crippen molar-refractivity contribution in [3.63, 3.8) is 0 Å². The third-order valence-electron chi connectivity index (χ3n) is 3.90. The molecule has 0 spiro atoms. The minimum Gasteiger partial charge on any atom is -0.309 e. The average Bonchev–Trinajstić information content (AvgIpc) is 3.06. The Morgan fingerprint density at radius 1 is 1.47 bits per heavy atom. The molecule has 1 nitrogen and oxygen atoms in total. The van der Waals surface area contributed by atoms with Crippen molar-refractivity contribution in [3.05, 3.63) is 29.6 Å². The number of halogens is 1. The van der Waals surface area contributed by atoms with Gasteiger partial charge >= 0.3 is 0 Å². The second kappa shape index (κ2) is 4.29. The lowest BCUT2D eigenvalue weighted by molar-refractivity contribution is 0.425. The van der Waals surface area contributed by atoms with Crippen LogP contribution in [-0.2, 0) is 0 Å². The maximum absolute atomic E-state index is 13.7. The van der Waals surface area contributed by atoms with Gasteiger partial charge < -0.3 is 5.32 Å². The third kappa shape index (κ3) is 2.36. The topological polar surface area (TPSA) is 12.0 Å². The molecule has 1 aliphatic heterocycles. The Hall–Kier alpha value is -0.540. The molecule has 0 radical (unpaired) electrons. The summed E-state index contributed by atoms with van der Waals surface area (Å²) in [4.78, 5) is 0.859. The van der Waals surface area contributed by atoms with Crippen LogP contribution in [0.2, 0.25) is 0 Å². The van der Waals surface area contributed by atoms with Crippen molar-refractivity contribution in [1.82, 2.24) is 5.32 Å². The first-order chi connectivity index (χ1) is 8.18. The minimum absolute atomic E-state index is 0.0587. The number of fused-ring (bicyclic) bond motifs is 1. The summed E-state index contributed by atoms with van der Waals surface area (Å²) in [6.07, 6.45) is 3.77. The van der Waals surface area contributed by atoms with Crippen LogP contribution in [0.1, 0.15) is 37.8 Å². The molecule has 1 atom stereocenters. The van der Waals surface area contributed by atoms with Crippen LogP contribution in [0.5, 0.6) is 0 Å². The predicted octanol–water partition coefficient (Wildman–Crippen LogP) is 3.75. The molecular formula is C14H18FNS. The van der Waals surface area contributed by atoms with Crippen LogP contribution in [0.15, 0.2) is 23.1 Å². The van der Waals surface area contributed by atoms with Crippen LogP contribution in [0.4, 0.5) is 4.39 Å². The summed E-state index contributed by atoms with van der Waals surface area (Å²) >= 11 is 1.65. The second-order valence-corrected chi connectivity index (χ2v) is 6.64. The van der Waals surface area contributed by atoms with Gasteiger partial charge in [0, 0.05) is 17.5 Å². The number of hydrogen-bond donors (Lipinski definition) is 1. The van der Waals surface area contributed by atoms with E-state index in [1.54, 1.807) is 17.8 Å². The van der Waals surface area contributed by atoms with Crippen molar-refractivity contribution in [1.29, 1.82) is 0 Å². The van der Waals surface area contributed by atoms with Gasteiger partial charge in [-0.05, 0) is 42.1 Å². The van der Waals surface area contributed by atoms with Gasteiger partial charge in [-0.2, -0.15) is 0 Å². The van der Waals surface area contributed by atoms with Crippen molar-refractivity contribution in [2.24, 2.45) is 5.41 Å². The Labute approximate surface area is 106 Å². The maximum Gasteiger partial charge on any atom is 0.137 e. The summed E-state index contributed by atoms with van der Waals surface area (Å²) in [7, 11) is 0. The van der Waals surface area contributed by atoms with E-state index in [1.165, 1.54) is 12.8 Å². The summed E-state index contributed by atoms with van der Waals surface area (Å²) in [6.45, 7) is 3.39. The normalized spacial score (nSPS) is 25.4. The van der Waals surface area contributed by atoms with Gasteiger partial charge in [0.2, 0.25) is 0 Å². The lowest BCUT2D eigenvalue weighted by atomic mass is 10.0. The Morgan fingerprint density at radius 3 is 3.06 bits per heavy atom. The highest BCUT2D eigenvalue weighted by Gasteiger charge is 2.37. The molecule has 1 aromatic rings. The number of nitrogens with one attached hydrogen (secondary N) is 1. The SMILES string of the molecule is CC1(CNC2CCSc3c(F)cccc32)CC1. The van der Waals surface area contributed by atoms with Crippen LogP contribution in [-0.4, -0.2) is 12.3 Å². The molecule has 2 aliphatic rings. The van der Waals surface area contributed by atoms with Gasteiger partial charge in [-0.3, -0.25) is 0 Å². The summed E-state index contributed by atoms with van der Waals surface area (Å²) in [5.74, 6) is 0.958. The fraction of sp³-hybridized carbons (Fsp3) is 0.571. The fourth-order valence-corrected chi connectivity index (χ4v) is 3.50. The first-order valence-corrected chi connectivity index (χ1v) is 7.31. The zero-order chi connectivity index (χ0) is 11.9.